The summed E-state index contributed by atoms with van der Waals surface area (Å²) in [5, 5.41) is 21.9. The zero-order valence-corrected chi connectivity index (χ0v) is 18.8. The molecule has 1 aromatic heterocycles. The Balaban J connectivity index is 0.00000300. The Morgan fingerprint density at radius 1 is 1.41 bits per heavy atom. The molecule has 1 aromatic carbocycles. The molecule has 1 aliphatic rings. The summed E-state index contributed by atoms with van der Waals surface area (Å²) in [6, 6.07) is 6.64. The van der Waals surface area contributed by atoms with Gasteiger partial charge in [0, 0.05) is 38.2 Å². The number of guanidine groups is 1. The molecule has 0 saturated carbocycles. The van der Waals surface area contributed by atoms with Gasteiger partial charge in [0.15, 0.2) is 11.8 Å². The third-order valence-corrected chi connectivity index (χ3v) is 4.43. The molecule has 10 nitrogen and oxygen atoms in total. The molecule has 1 atom stereocenters. The number of nitrogens with zero attached hydrogens (tertiary/aromatic N) is 5. The summed E-state index contributed by atoms with van der Waals surface area (Å²) >= 11 is 0. The highest BCUT2D eigenvalue weighted by Crippen LogP contribution is 2.14. The fraction of sp³-hybridized carbons (Fsp3) is 0.500. The third-order valence-electron chi connectivity index (χ3n) is 4.43. The Bertz CT molecular complexity index is 838. The SMILES string of the molecule is CCNC(=NCc1ccc([N+](=O)[O-])cc1)NC1CCc2nc(COC)nn2C1.I. The Morgan fingerprint density at radius 3 is 2.83 bits per heavy atom. The van der Waals surface area contributed by atoms with Gasteiger partial charge in [-0.1, -0.05) is 12.1 Å². The molecule has 2 heterocycles. The van der Waals surface area contributed by atoms with Gasteiger partial charge in [0.25, 0.3) is 5.69 Å². The van der Waals surface area contributed by atoms with E-state index in [1.165, 1.54) is 12.1 Å². The largest absolute Gasteiger partial charge is 0.377 e. The van der Waals surface area contributed by atoms with Crippen molar-refractivity contribution in [3.05, 3.63) is 51.6 Å². The van der Waals surface area contributed by atoms with Crippen LogP contribution in [0.4, 0.5) is 5.69 Å². The maximum absolute atomic E-state index is 10.7. The van der Waals surface area contributed by atoms with Gasteiger partial charge in [-0.2, -0.15) is 5.10 Å². The minimum absolute atomic E-state index is 0. The number of nitro benzene ring substituents is 1. The van der Waals surface area contributed by atoms with Crippen molar-refractivity contribution >= 4 is 35.6 Å². The van der Waals surface area contributed by atoms with Crippen LogP contribution in [-0.2, 0) is 30.9 Å². The van der Waals surface area contributed by atoms with Crippen LogP contribution in [0.1, 0.15) is 30.6 Å². The fourth-order valence-electron chi connectivity index (χ4n) is 3.08. The molecule has 0 bridgehead atoms. The lowest BCUT2D eigenvalue weighted by molar-refractivity contribution is -0.384. The standard InChI is InChI=1S/C18H25N7O3.HI/c1-3-19-18(20-10-13-4-7-15(8-5-13)25(26)27)21-14-6-9-17-22-16(12-28-2)23-24(17)11-14;/h4-5,7-8,14H,3,6,9-12H2,1-2H3,(H2,19,20,21);1H. The van der Waals surface area contributed by atoms with Gasteiger partial charge in [-0.05, 0) is 18.9 Å². The molecule has 0 amide bonds. The molecule has 1 aliphatic heterocycles. The summed E-state index contributed by atoms with van der Waals surface area (Å²) in [4.78, 5) is 19.4. The summed E-state index contributed by atoms with van der Waals surface area (Å²) in [6.07, 6.45) is 1.78. The van der Waals surface area contributed by atoms with E-state index in [2.05, 4.69) is 25.7 Å². The molecule has 0 saturated heterocycles. The van der Waals surface area contributed by atoms with Gasteiger partial charge in [-0.3, -0.25) is 10.1 Å². The molecule has 29 heavy (non-hydrogen) atoms. The lowest BCUT2D eigenvalue weighted by atomic mass is 10.1. The maximum atomic E-state index is 10.7. The summed E-state index contributed by atoms with van der Waals surface area (Å²) in [5.74, 6) is 2.40. The van der Waals surface area contributed by atoms with Crippen LogP contribution in [0.3, 0.4) is 0 Å². The number of aromatic nitrogens is 3. The predicted molar refractivity (Wildman–Crippen MR) is 119 cm³/mol. The monoisotopic (exact) mass is 515 g/mol. The minimum atomic E-state index is -0.405. The number of nitro groups is 1. The van der Waals surface area contributed by atoms with Crippen molar-refractivity contribution in [1.82, 2.24) is 25.4 Å². The quantitative estimate of drug-likeness (QED) is 0.190. The molecule has 3 rings (SSSR count). The van der Waals surface area contributed by atoms with Crippen molar-refractivity contribution in [1.29, 1.82) is 0 Å². The van der Waals surface area contributed by atoms with E-state index in [4.69, 9.17) is 4.74 Å². The zero-order chi connectivity index (χ0) is 19.9. The lowest BCUT2D eigenvalue weighted by Gasteiger charge is -2.25. The van der Waals surface area contributed by atoms with Crippen LogP contribution in [0.2, 0.25) is 0 Å². The highest BCUT2D eigenvalue weighted by Gasteiger charge is 2.22. The van der Waals surface area contributed by atoms with Crippen molar-refractivity contribution < 1.29 is 9.66 Å². The first kappa shape index (κ1) is 23.0. The average molecular weight is 515 g/mol. The molecule has 2 aromatic rings. The Morgan fingerprint density at radius 2 is 2.17 bits per heavy atom. The van der Waals surface area contributed by atoms with Gasteiger partial charge >= 0.3 is 0 Å². The normalized spacial score (nSPS) is 15.9. The van der Waals surface area contributed by atoms with Crippen molar-refractivity contribution in [3.63, 3.8) is 0 Å². The molecule has 0 spiro atoms. The number of rotatable bonds is 7. The number of non-ortho nitro benzene ring substituents is 1. The zero-order valence-electron chi connectivity index (χ0n) is 16.5. The second-order valence-electron chi connectivity index (χ2n) is 6.56. The number of hydrogen-bond acceptors (Lipinski definition) is 6. The van der Waals surface area contributed by atoms with Crippen molar-refractivity contribution in [2.45, 2.75) is 45.5 Å². The summed E-state index contributed by atoms with van der Waals surface area (Å²) in [5.41, 5.74) is 0.991. The van der Waals surface area contributed by atoms with Crippen LogP contribution in [0.15, 0.2) is 29.3 Å². The van der Waals surface area contributed by atoms with E-state index in [1.54, 1.807) is 19.2 Å². The van der Waals surface area contributed by atoms with E-state index in [-0.39, 0.29) is 35.7 Å². The van der Waals surface area contributed by atoms with Gasteiger partial charge in [-0.15, -0.1) is 24.0 Å². The van der Waals surface area contributed by atoms with Gasteiger partial charge in [-0.25, -0.2) is 14.7 Å². The number of aryl methyl sites for hydroxylation is 1. The molecule has 11 heteroatoms. The number of halogens is 1. The molecule has 0 radical (unpaired) electrons. The number of fused-ring (bicyclic) bond motifs is 1. The van der Waals surface area contributed by atoms with Crippen molar-refractivity contribution in [2.24, 2.45) is 4.99 Å². The fourth-order valence-corrected chi connectivity index (χ4v) is 3.08. The van der Waals surface area contributed by atoms with E-state index < -0.39 is 4.92 Å². The smallest absolute Gasteiger partial charge is 0.269 e. The molecule has 0 aliphatic carbocycles. The Hall–Kier alpha value is -2.28. The highest BCUT2D eigenvalue weighted by atomic mass is 127. The summed E-state index contributed by atoms with van der Waals surface area (Å²) < 4.78 is 7.03. The average Bonchev–Trinajstić information content (AvgIpc) is 3.08. The number of nitrogens with one attached hydrogen (secondary N) is 2. The van der Waals surface area contributed by atoms with Crippen LogP contribution in [0.5, 0.6) is 0 Å². The second-order valence-corrected chi connectivity index (χ2v) is 6.56. The molecular formula is C18H26IN7O3. The first-order chi connectivity index (χ1) is 13.6. The first-order valence-corrected chi connectivity index (χ1v) is 9.28. The van der Waals surface area contributed by atoms with E-state index in [0.29, 0.717) is 31.5 Å². The molecule has 0 fully saturated rings. The maximum Gasteiger partial charge on any atom is 0.269 e. The van der Waals surface area contributed by atoms with Crippen molar-refractivity contribution in [3.8, 4) is 0 Å². The van der Waals surface area contributed by atoms with Crippen molar-refractivity contribution in [2.75, 3.05) is 13.7 Å². The number of benzene rings is 1. The molecular weight excluding hydrogens is 489 g/mol. The highest BCUT2D eigenvalue weighted by molar-refractivity contribution is 14.0. The van der Waals surface area contributed by atoms with Gasteiger partial charge in [0.2, 0.25) is 0 Å². The lowest BCUT2D eigenvalue weighted by Crippen LogP contribution is -2.47. The number of aliphatic imine (C=N–C) groups is 1. The second kappa shape index (κ2) is 11.0. The molecule has 2 N–H and O–H groups in total. The van der Waals surface area contributed by atoms with Crippen LogP contribution in [-0.4, -0.2) is 45.3 Å². The van der Waals surface area contributed by atoms with Crippen LogP contribution in [0, 0.1) is 10.1 Å². The van der Waals surface area contributed by atoms with Crippen LogP contribution >= 0.6 is 24.0 Å². The first-order valence-electron chi connectivity index (χ1n) is 9.28. The van der Waals surface area contributed by atoms with Crippen LogP contribution < -0.4 is 10.6 Å². The van der Waals surface area contributed by atoms with E-state index in [1.807, 2.05) is 11.6 Å². The summed E-state index contributed by atoms with van der Waals surface area (Å²) in [6.45, 7) is 4.32. The number of methoxy groups -OCH3 is 1. The minimum Gasteiger partial charge on any atom is -0.377 e. The number of ether oxygens (including phenoxy) is 1. The third kappa shape index (κ3) is 6.35. The van der Waals surface area contributed by atoms with Gasteiger partial charge in [0.1, 0.15) is 12.4 Å². The van der Waals surface area contributed by atoms with Gasteiger partial charge < -0.3 is 15.4 Å². The molecule has 158 valence electrons. The van der Waals surface area contributed by atoms with Crippen LogP contribution in [0.25, 0.3) is 0 Å². The topological polar surface area (TPSA) is 120 Å². The number of hydrogen-bond donors (Lipinski definition) is 2. The van der Waals surface area contributed by atoms with E-state index in [0.717, 1.165) is 30.8 Å². The Labute approximate surface area is 186 Å². The summed E-state index contributed by atoms with van der Waals surface area (Å²) in [7, 11) is 1.63. The van der Waals surface area contributed by atoms with E-state index in [9.17, 15) is 10.1 Å². The van der Waals surface area contributed by atoms with Gasteiger partial charge in [0.05, 0.1) is 18.0 Å². The molecule has 1 unspecified atom stereocenters. The van der Waals surface area contributed by atoms with E-state index >= 15 is 0 Å². The predicted octanol–water partition coefficient (Wildman–Crippen LogP) is 2.02. The Kier molecular flexibility index (Phi) is 8.76.